The van der Waals surface area contributed by atoms with Gasteiger partial charge in [-0.1, -0.05) is 0 Å². The molecule has 3 nitrogen and oxygen atoms in total. The van der Waals surface area contributed by atoms with Gasteiger partial charge in [-0.3, -0.25) is 4.79 Å². The fourth-order valence-corrected chi connectivity index (χ4v) is 2.83. The van der Waals surface area contributed by atoms with Crippen LogP contribution in [-0.4, -0.2) is 43.5 Å². The van der Waals surface area contributed by atoms with Crippen LogP contribution >= 0.6 is 0 Å². The Kier molecular flexibility index (Phi) is 4.36. The molecule has 2 unspecified atom stereocenters. The van der Waals surface area contributed by atoms with Crippen LogP contribution in [0.15, 0.2) is 0 Å². The lowest BCUT2D eigenvalue weighted by atomic mass is 10.1. The molecular formula is C13H23NO2. The van der Waals surface area contributed by atoms with E-state index in [2.05, 4.69) is 11.9 Å². The second-order valence-corrected chi connectivity index (χ2v) is 5.27. The minimum atomic E-state index is 0.300. The zero-order valence-corrected chi connectivity index (χ0v) is 10.3. The first kappa shape index (κ1) is 12.1. The summed E-state index contributed by atoms with van der Waals surface area (Å²) in [7, 11) is 2.11. The molecule has 3 heteroatoms. The van der Waals surface area contributed by atoms with E-state index in [1.807, 2.05) is 0 Å². The maximum atomic E-state index is 11.5. The Morgan fingerprint density at radius 2 is 2.12 bits per heavy atom. The van der Waals surface area contributed by atoms with Crippen LogP contribution in [0.5, 0.6) is 0 Å². The van der Waals surface area contributed by atoms with E-state index in [-0.39, 0.29) is 0 Å². The standard InChI is InChI=1S/C13H23NO2/c1-14(9-11-5-4-7-13(11)15)10-12-6-2-3-8-16-12/h11-12H,2-10H2,1H3. The third-order valence-corrected chi connectivity index (χ3v) is 3.75. The van der Waals surface area contributed by atoms with E-state index in [1.54, 1.807) is 0 Å². The lowest BCUT2D eigenvalue weighted by Gasteiger charge is -2.28. The van der Waals surface area contributed by atoms with Crippen molar-refractivity contribution in [1.82, 2.24) is 4.90 Å². The Hall–Kier alpha value is -0.410. The second kappa shape index (κ2) is 5.78. The van der Waals surface area contributed by atoms with Gasteiger partial charge in [0.25, 0.3) is 0 Å². The van der Waals surface area contributed by atoms with Crippen molar-refractivity contribution >= 4 is 5.78 Å². The van der Waals surface area contributed by atoms with Crippen molar-refractivity contribution in [3.05, 3.63) is 0 Å². The number of rotatable bonds is 4. The Morgan fingerprint density at radius 3 is 2.75 bits per heavy atom. The summed E-state index contributed by atoms with van der Waals surface area (Å²) in [5.41, 5.74) is 0. The van der Waals surface area contributed by atoms with Gasteiger partial charge in [0.2, 0.25) is 0 Å². The number of hydrogen-bond acceptors (Lipinski definition) is 3. The van der Waals surface area contributed by atoms with E-state index in [0.29, 0.717) is 17.8 Å². The topological polar surface area (TPSA) is 29.5 Å². The van der Waals surface area contributed by atoms with Crippen LogP contribution in [0.25, 0.3) is 0 Å². The number of ether oxygens (including phenoxy) is 1. The van der Waals surface area contributed by atoms with E-state index in [4.69, 9.17) is 4.74 Å². The summed E-state index contributed by atoms with van der Waals surface area (Å²) in [6.07, 6.45) is 7.07. The van der Waals surface area contributed by atoms with Crippen LogP contribution in [-0.2, 0) is 9.53 Å². The van der Waals surface area contributed by atoms with E-state index in [0.717, 1.165) is 39.0 Å². The molecule has 0 amide bonds. The minimum Gasteiger partial charge on any atom is -0.377 e. The second-order valence-electron chi connectivity index (χ2n) is 5.27. The van der Waals surface area contributed by atoms with Gasteiger partial charge in [0, 0.05) is 32.0 Å². The molecule has 0 aromatic heterocycles. The average Bonchev–Trinajstić information content (AvgIpc) is 2.66. The van der Waals surface area contributed by atoms with Gasteiger partial charge in [-0.15, -0.1) is 0 Å². The minimum absolute atomic E-state index is 0.300. The zero-order chi connectivity index (χ0) is 11.4. The molecule has 0 N–H and O–H groups in total. The number of likely N-dealkylation sites (N-methyl/N-ethyl adjacent to an activating group) is 1. The highest BCUT2D eigenvalue weighted by Crippen LogP contribution is 2.22. The maximum Gasteiger partial charge on any atom is 0.137 e. The SMILES string of the molecule is CN(CC1CCCCO1)CC1CCCC1=O. The molecule has 1 aliphatic heterocycles. The number of nitrogens with zero attached hydrogens (tertiary/aromatic N) is 1. The van der Waals surface area contributed by atoms with Crippen molar-refractivity contribution in [2.45, 2.75) is 44.6 Å². The molecule has 2 rings (SSSR count). The fourth-order valence-electron chi connectivity index (χ4n) is 2.83. The number of carbonyl (C=O) groups excluding carboxylic acids is 1. The normalized spacial score (nSPS) is 31.2. The van der Waals surface area contributed by atoms with Gasteiger partial charge in [0.1, 0.15) is 5.78 Å². The first-order valence-electron chi connectivity index (χ1n) is 6.58. The van der Waals surface area contributed by atoms with Crippen molar-refractivity contribution in [1.29, 1.82) is 0 Å². The fraction of sp³-hybridized carbons (Fsp3) is 0.923. The number of Topliss-reactive ketones (excluding diaryl/α,β-unsaturated/α-hetero) is 1. The molecule has 0 bridgehead atoms. The predicted molar refractivity (Wildman–Crippen MR) is 63.4 cm³/mol. The van der Waals surface area contributed by atoms with Crippen molar-refractivity contribution < 1.29 is 9.53 Å². The van der Waals surface area contributed by atoms with Crippen molar-refractivity contribution in [3.8, 4) is 0 Å². The molecule has 0 aromatic rings. The Labute approximate surface area is 98.1 Å². The van der Waals surface area contributed by atoms with Gasteiger partial charge < -0.3 is 9.64 Å². The molecule has 16 heavy (non-hydrogen) atoms. The molecule has 1 heterocycles. The molecule has 1 saturated heterocycles. The Balaban J connectivity index is 1.70. The van der Waals surface area contributed by atoms with Gasteiger partial charge >= 0.3 is 0 Å². The smallest absolute Gasteiger partial charge is 0.137 e. The van der Waals surface area contributed by atoms with Gasteiger partial charge in [-0.25, -0.2) is 0 Å². The van der Waals surface area contributed by atoms with Crippen molar-refractivity contribution in [2.75, 3.05) is 26.7 Å². The van der Waals surface area contributed by atoms with E-state index in [1.165, 1.54) is 19.3 Å². The largest absolute Gasteiger partial charge is 0.377 e. The zero-order valence-electron chi connectivity index (χ0n) is 10.3. The average molecular weight is 225 g/mol. The molecule has 1 saturated carbocycles. The van der Waals surface area contributed by atoms with Crippen LogP contribution in [0, 0.1) is 5.92 Å². The summed E-state index contributed by atoms with van der Waals surface area (Å²) in [6, 6.07) is 0. The summed E-state index contributed by atoms with van der Waals surface area (Å²) in [6.45, 7) is 2.84. The van der Waals surface area contributed by atoms with Crippen LogP contribution < -0.4 is 0 Å². The lowest BCUT2D eigenvalue weighted by Crippen LogP contribution is -2.36. The molecular weight excluding hydrogens is 202 g/mol. The maximum absolute atomic E-state index is 11.5. The van der Waals surface area contributed by atoms with Crippen LogP contribution in [0.2, 0.25) is 0 Å². The predicted octanol–water partition coefficient (Wildman–Crippen LogP) is 1.86. The van der Waals surface area contributed by atoms with Gasteiger partial charge in [-0.05, 0) is 39.2 Å². The van der Waals surface area contributed by atoms with E-state index >= 15 is 0 Å². The van der Waals surface area contributed by atoms with Crippen LogP contribution in [0.1, 0.15) is 38.5 Å². The van der Waals surface area contributed by atoms with Gasteiger partial charge in [-0.2, -0.15) is 0 Å². The third-order valence-electron chi connectivity index (χ3n) is 3.75. The summed E-state index contributed by atoms with van der Waals surface area (Å²) in [5.74, 6) is 0.769. The Morgan fingerprint density at radius 1 is 1.25 bits per heavy atom. The summed E-state index contributed by atoms with van der Waals surface area (Å²) < 4.78 is 5.71. The molecule has 92 valence electrons. The molecule has 2 aliphatic rings. The number of hydrogen-bond donors (Lipinski definition) is 0. The van der Waals surface area contributed by atoms with Crippen LogP contribution in [0.4, 0.5) is 0 Å². The van der Waals surface area contributed by atoms with E-state index < -0.39 is 0 Å². The van der Waals surface area contributed by atoms with E-state index in [9.17, 15) is 4.79 Å². The molecule has 1 aliphatic carbocycles. The number of carbonyl (C=O) groups is 1. The van der Waals surface area contributed by atoms with Gasteiger partial charge in [0.05, 0.1) is 6.10 Å². The highest BCUT2D eigenvalue weighted by atomic mass is 16.5. The molecule has 0 spiro atoms. The lowest BCUT2D eigenvalue weighted by molar-refractivity contribution is -0.121. The summed E-state index contributed by atoms with van der Waals surface area (Å²) >= 11 is 0. The molecule has 0 aromatic carbocycles. The Bertz CT molecular complexity index is 236. The summed E-state index contributed by atoms with van der Waals surface area (Å²) in [5, 5.41) is 0. The van der Waals surface area contributed by atoms with Gasteiger partial charge in [0.15, 0.2) is 0 Å². The first-order chi connectivity index (χ1) is 7.75. The quantitative estimate of drug-likeness (QED) is 0.731. The highest BCUT2D eigenvalue weighted by Gasteiger charge is 2.26. The van der Waals surface area contributed by atoms with Crippen LogP contribution in [0.3, 0.4) is 0 Å². The highest BCUT2D eigenvalue weighted by molar-refractivity contribution is 5.83. The molecule has 2 fully saturated rings. The number of ketones is 1. The van der Waals surface area contributed by atoms with Crippen molar-refractivity contribution in [3.63, 3.8) is 0 Å². The monoisotopic (exact) mass is 225 g/mol. The van der Waals surface area contributed by atoms with Crippen molar-refractivity contribution in [2.24, 2.45) is 5.92 Å². The molecule has 0 radical (unpaired) electrons. The molecule has 2 atom stereocenters. The first-order valence-corrected chi connectivity index (χ1v) is 6.58. The third kappa shape index (κ3) is 3.29. The summed E-state index contributed by atoms with van der Waals surface area (Å²) in [4.78, 5) is 13.8.